The van der Waals surface area contributed by atoms with Gasteiger partial charge in [-0.05, 0) is 41.6 Å². The highest BCUT2D eigenvalue weighted by Gasteiger charge is 2.21. The highest BCUT2D eigenvalue weighted by atomic mass is 35.5. The molecule has 1 aromatic carbocycles. The van der Waals surface area contributed by atoms with E-state index >= 15 is 0 Å². The normalized spacial score (nSPS) is 18.4. The zero-order valence-corrected chi connectivity index (χ0v) is 13.8. The lowest BCUT2D eigenvalue weighted by Crippen LogP contribution is -2.43. The first kappa shape index (κ1) is 18.5. The molecule has 10 heteroatoms. The van der Waals surface area contributed by atoms with Gasteiger partial charge in [-0.1, -0.05) is 0 Å². The zero-order chi connectivity index (χ0) is 16.2. The molecule has 0 radical (unpaired) electrons. The lowest BCUT2D eigenvalue weighted by molar-refractivity contribution is -0.0498. The number of hydrogen-bond acceptors (Lipinski definition) is 6. The van der Waals surface area contributed by atoms with Crippen LogP contribution in [-0.2, 0) is 11.3 Å². The number of halogens is 3. The Morgan fingerprint density at radius 2 is 2.08 bits per heavy atom. The third kappa shape index (κ3) is 4.37. The van der Waals surface area contributed by atoms with E-state index in [4.69, 9.17) is 4.74 Å². The fourth-order valence-electron chi connectivity index (χ4n) is 2.45. The summed E-state index contributed by atoms with van der Waals surface area (Å²) in [6, 6.07) is 6.49. The number of benzene rings is 1. The van der Waals surface area contributed by atoms with Crippen molar-refractivity contribution in [2.24, 2.45) is 0 Å². The minimum absolute atomic E-state index is 0. The number of alkyl halides is 2. The minimum atomic E-state index is -2.84. The maximum atomic E-state index is 12.2. The molecular formula is C14H18ClF2N5O2. The van der Waals surface area contributed by atoms with Crippen LogP contribution < -0.4 is 4.74 Å². The fourth-order valence-corrected chi connectivity index (χ4v) is 2.45. The van der Waals surface area contributed by atoms with Crippen molar-refractivity contribution in [3.8, 4) is 11.4 Å². The van der Waals surface area contributed by atoms with Crippen LogP contribution in [0.1, 0.15) is 12.7 Å². The molecule has 7 nitrogen and oxygen atoms in total. The Hall–Kier alpha value is -1.84. The summed E-state index contributed by atoms with van der Waals surface area (Å²) in [5.41, 5.74) is 0.688. The van der Waals surface area contributed by atoms with Crippen molar-refractivity contribution in [2.45, 2.75) is 26.1 Å². The van der Waals surface area contributed by atoms with E-state index in [0.717, 1.165) is 6.54 Å². The average Bonchev–Trinajstić information content (AvgIpc) is 2.98. The molecule has 3 rings (SSSR count). The molecule has 0 spiro atoms. The van der Waals surface area contributed by atoms with Crippen molar-refractivity contribution < 1.29 is 18.3 Å². The molecular weight excluding hydrogens is 344 g/mol. The second kappa shape index (κ2) is 8.32. The number of aromatic nitrogens is 4. The average molecular weight is 362 g/mol. The smallest absolute Gasteiger partial charge is 0.387 e. The Labute approximate surface area is 143 Å². The first-order chi connectivity index (χ1) is 11.1. The third-order valence-corrected chi connectivity index (χ3v) is 3.69. The fraction of sp³-hybridized carbons (Fsp3) is 0.500. The van der Waals surface area contributed by atoms with E-state index in [0.29, 0.717) is 31.3 Å². The van der Waals surface area contributed by atoms with Crippen LogP contribution in [0.15, 0.2) is 24.3 Å². The summed E-state index contributed by atoms with van der Waals surface area (Å²) in [6.45, 7) is 2.02. The van der Waals surface area contributed by atoms with Gasteiger partial charge in [-0.15, -0.1) is 17.5 Å². The van der Waals surface area contributed by atoms with Crippen LogP contribution in [0.2, 0.25) is 0 Å². The van der Waals surface area contributed by atoms with Crippen LogP contribution in [0.4, 0.5) is 8.78 Å². The number of tetrazole rings is 1. The van der Waals surface area contributed by atoms with Gasteiger partial charge in [0.25, 0.3) is 0 Å². The number of morpholine rings is 1. The maximum Gasteiger partial charge on any atom is 0.387 e. The Bertz CT molecular complexity index is 640. The van der Waals surface area contributed by atoms with E-state index in [-0.39, 0.29) is 24.2 Å². The molecule has 1 aromatic heterocycles. The first-order valence-electron chi connectivity index (χ1n) is 7.28. The molecule has 0 amide bonds. The lowest BCUT2D eigenvalue weighted by atomic mass is 10.2. The minimum Gasteiger partial charge on any atom is -0.435 e. The molecule has 2 aromatic rings. The molecule has 1 aliphatic heterocycles. The second-order valence-corrected chi connectivity index (χ2v) is 5.27. The van der Waals surface area contributed by atoms with Gasteiger partial charge in [-0.2, -0.15) is 13.5 Å². The van der Waals surface area contributed by atoms with Crippen LogP contribution in [0, 0.1) is 0 Å². The molecule has 2 heterocycles. The van der Waals surface area contributed by atoms with Gasteiger partial charge < -0.3 is 9.47 Å². The molecule has 1 aliphatic rings. The summed E-state index contributed by atoms with van der Waals surface area (Å²) in [5.74, 6) is 0.779. The molecule has 24 heavy (non-hydrogen) atoms. The predicted octanol–water partition coefficient (Wildman–Crippen LogP) is 1.91. The van der Waals surface area contributed by atoms with Crippen LogP contribution in [0.25, 0.3) is 5.69 Å². The molecule has 1 unspecified atom stereocenters. The van der Waals surface area contributed by atoms with E-state index in [9.17, 15) is 8.78 Å². The Morgan fingerprint density at radius 3 is 2.75 bits per heavy atom. The number of ether oxygens (including phenoxy) is 2. The van der Waals surface area contributed by atoms with Crippen LogP contribution in [0.5, 0.6) is 5.75 Å². The SMILES string of the molecule is CC1COCCN1Cc1nnnn1-c1ccc(OC(F)F)cc1.Cl. The first-order valence-corrected chi connectivity index (χ1v) is 7.28. The predicted molar refractivity (Wildman–Crippen MR) is 83.7 cm³/mol. The van der Waals surface area contributed by atoms with E-state index in [1.165, 1.54) is 12.1 Å². The highest BCUT2D eigenvalue weighted by Crippen LogP contribution is 2.18. The van der Waals surface area contributed by atoms with Crippen LogP contribution in [-0.4, -0.2) is 57.5 Å². The zero-order valence-electron chi connectivity index (χ0n) is 13.0. The lowest BCUT2D eigenvalue weighted by Gasteiger charge is -2.32. The summed E-state index contributed by atoms with van der Waals surface area (Å²) in [5, 5.41) is 11.7. The quantitative estimate of drug-likeness (QED) is 0.810. The Balaban J connectivity index is 0.00000208. The summed E-state index contributed by atoms with van der Waals surface area (Å²) in [6.07, 6.45) is 0. The number of nitrogens with zero attached hydrogens (tertiary/aromatic N) is 5. The number of hydrogen-bond donors (Lipinski definition) is 0. The summed E-state index contributed by atoms with van der Waals surface area (Å²) >= 11 is 0. The highest BCUT2D eigenvalue weighted by molar-refractivity contribution is 5.85. The monoisotopic (exact) mass is 361 g/mol. The van der Waals surface area contributed by atoms with Gasteiger partial charge in [0.15, 0.2) is 5.82 Å². The third-order valence-electron chi connectivity index (χ3n) is 3.69. The molecule has 132 valence electrons. The van der Waals surface area contributed by atoms with E-state index < -0.39 is 6.61 Å². The van der Waals surface area contributed by atoms with Gasteiger partial charge in [0.1, 0.15) is 5.75 Å². The Morgan fingerprint density at radius 1 is 1.33 bits per heavy atom. The molecule has 0 aliphatic carbocycles. The largest absolute Gasteiger partial charge is 0.435 e. The molecule has 1 atom stereocenters. The van der Waals surface area contributed by atoms with Gasteiger partial charge in [-0.25, -0.2) is 0 Å². The summed E-state index contributed by atoms with van der Waals surface area (Å²) in [7, 11) is 0. The van der Waals surface area contributed by atoms with Crippen LogP contribution in [0.3, 0.4) is 0 Å². The molecule has 0 N–H and O–H groups in total. The van der Waals surface area contributed by atoms with Crippen LogP contribution >= 0.6 is 12.4 Å². The summed E-state index contributed by atoms with van der Waals surface area (Å²) in [4.78, 5) is 2.24. The van der Waals surface area contributed by atoms with Crippen molar-refractivity contribution in [3.05, 3.63) is 30.1 Å². The van der Waals surface area contributed by atoms with Gasteiger partial charge in [0.2, 0.25) is 0 Å². The topological polar surface area (TPSA) is 65.3 Å². The standard InChI is InChI=1S/C14H17F2N5O2.ClH/c1-10-9-22-7-6-20(10)8-13-17-18-19-21(13)11-2-4-12(5-3-11)23-14(15)16;/h2-5,10,14H,6-9H2,1H3;1H. The van der Waals surface area contributed by atoms with Gasteiger partial charge in [0, 0.05) is 12.6 Å². The molecule has 1 saturated heterocycles. The van der Waals surface area contributed by atoms with Crippen molar-refractivity contribution in [3.63, 3.8) is 0 Å². The van der Waals surface area contributed by atoms with E-state index in [2.05, 4.69) is 32.1 Å². The van der Waals surface area contributed by atoms with Crippen molar-refractivity contribution in [1.82, 2.24) is 25.1 Å². The van der Waals surface area contributed by atoms with Crippen molar-refractivity contribution in [1.29, 1.82) is 0 Å². The molecule has 1 fully saturated rings. The van der Waals surface area contributed by atoms with E-state index in [1.807, 2.05) is 0 Å². The van der Waals surface area contributed by atoms with Gasteiger partial charge >= 0.3 is 6.61 Å². The maximum absolute atomic E-state index is 12.2. The number of rotatable bonds is 5. The van der Waals surface area contributed by atoms with Gasteiger partial charge in [0.05, 0.1) is 25.4 Å². The van der Waals surface area contributed by atoms with Gasteiger partial charge in [-0.3, -0.25) is 4.90 Å². The second-order valence-electron chi connectivity index (χ2n) is 5.27. The van der Waals surface area contributed by atoms with Crippen molar-refractivity contribution >= 4 is 12.4 Å². The summed E-state index contributed by atoms with van der Waals surface area (Å²) < 4.78 is 35.7. The Kier molecular flexibility index (Phi) is 6.41. The van der Waals surface area contributed by atoms with E-state index in [1.54, 1.807) is 16.8 Å². The molecule has 0 saturated carbocycles. The van der Waals surface area contributed by atoms with Crippen molar-refractivity contribution in [2.75, 3.05) is 19.8 Å². The molecule has 0 bridgehead atoms.